The van der Waals surface area contributed by atoms with Crippen LogP contribution in [0.25, 0.3) is 0 Å². The summed E-state index contributed by atoms with van der Waals surface area (Å²) in [6, 6.07) is 1.00. The first-order valence-electron chi connectivity index (χ1n) is 8.84. The monoisotopic (exact) mass is 398 g/mol. The molecular weight excluding hydrogens is 377 g/mol. The van der Waals surface area contributed by atoms with Gasteiger partial charge in [-0.2, -0.15) is 23.4 Å². The largest absolute Gasteiger partial charge is 0.435 e. The van der Waals surface area contributed by atoms with Crippen molar-refractivity contribution in [2.75, 3.05) is 19.4 Å². The van der Waals surface area contributed by atoms with E-state index in [4.69, 9.17) is 0 Å². The maximum absolute atomic E-state index is 13.0. The van der Waals surface area contributed by atoms with E-state index in [1.165, 1.54) is 15.8 Å². The second-order valence-corrected chi connectivity index (χ2v) is 6.85. The lowest BCUT2D eigenvalue weighted by Crippen LogP contribution is -2.27. The summed E-state index contributed by atoms with van der Waals surface area (Å²) in [5.41, 5.74) is -0.192. The Kier molecular flexibility index (Phi) is 5.18. The highest BCUT2D eigenvalue weighted by Gasteiger charge is 2.38. The molecule has 0 spiro atoms. The van der Waals surface area contributed by atoms with E-state index in [-0.39, 0.29) is 29.8 Å². The van der Waals surface area contributed by atoms with Gasteiger partial charge in [-0.3, -0.25) is 19.0 Å². The van der Waals surface area contributed by atoms with E-state index in [1.54, 1.807) is 21.0 Å². The topological polar surface area (TPSA) is 85.0 Å². The molecular formula is C17H21F3N6O2. The number of carbonyl (C=O) groups is 2. The number of nitrogens with one attached hydrogen (secondary N) is 1. The fourth-order valence-corrected chi connectivity index (χ4v) is 2.88. The van der Waals surface area contributed by atoms with Gasteiger partial charge in [0.2, 0.25) is 5.91 Å². The Morgan fingerprint density at radius 1 is 1.29 bits per heavy atom. The molecule has 2 aromatic heterocycles. The van der Waals surface area contributed by atoms with Crippen molar-refractivity contribution in [2.24, 2.45) is 0 Å². The summed E-state index contributed by atoms with van der Waals surface area (Å²) in [4.78, 5) is 26.2. The predicted octanol–water partition coefficient (Wildman–Crippen LogP) is 2.34. The highest BCUT2D eigenvalue weighted by molar-refractivity contribution is 6.02. The van der Waals surface area contributed by atoms with Crippen LogP contribution in [0.1, 0.15) is 47.6 Å². The minimum absolute atomic E-state index is 0.00915. The molecule has 2 heterocycles. The summed E-state index contributed by atoms with van der Waals surface area (Å²) in [7, 11) is 3.15. The number of hydrogen-bond donors (Lipinski definition) is 1. The van der Waals surface area contributed by atoms with Crippen LogP contribution in [0.15, 0.2) is 12.3 Å². The number of nitrogens with zero attached hydrogens (tertiary/aromatic N) is 5. The minimum atomic E-state index is -4.57. The normalized spacial score (nSPS) is 14.2. The molecule has 2 amide bonds. The van der Waals surface area contributed by atoms with Crippen molar-refractivity contribution in [1.82, 2.24) is 24.5 Å². The average molecular weight is 398 g/mol. The van der Waals surface area contributed by atoms with Gasteiger partial charge in [-0.05, 0) is 25.8 Å². The van der Waals surface area contributed by atoms with Crippen molar-refractivity contribution in [1.29, 1.82) is 0 Å². The van der Waals surface area contributed by atoms with Gasteiger partial charge in [0.1, 0.15) is 12.2 Å². The smallest absolute Gasteiger partial charge is 0.343 e. The number of halogens is 3. The quantitative estimate of drug-likeness (QED) is 0.810. The van der Waals surface area contributed by atoms with Crippen molar-refractivity contribution >= 4 is 17.5 Å². The lowest BCUT2D eigenvalue weighted by Gasteiger charge is -2.14. The van der Waals surface area contributed by atoms with E-state index in [1.807, 2.05) is 0 Å². The third kappa shape index (κ3) is 4.02. The molecule has 0 saturated heterocycles. The summed E-state index contributed by atoms with van der Waals surface area (Å²) < 4.78 is 41.5. The number of carbonyl (C=O) groups excluding carboxylic acids is 2. The van der Waals surface area contributed by atoms with Crippen LogP contribution in [0.4, 0.5) is 18.9 Å². The van der Waals surface area contributed by atoms with Crippen LogP contribution in [0.5, 0.6) is 0 Å². The molecule has 0 unspecified atom stereocenters. The van der Waals surface area contributed by atoms with E-state index in [0.717, 1.165) is 23.6 Å². The molecule has 28 heavy (non-hydrogen) atoms. The number of anilines is 1. The van der Waals surface area contributed by atoms with Crippen molar-refractivity contribution in [2.45, 2.75) is 44.9 Å². The number of aromatic nitrogens is 4. The maximum atomic E-state index is 13.0. The molecule has 1 aliphatic rings. The molecule has 8 nitrogen and oxygen atoms in total. The third-order valence-electron chi connectivity index (χ3n) is 4.41. The first-order chi connectivity index (χ1) is 13.1. The second kappa shape index (κ2) is 7.28. The fourth-order valence-electron chi connectivity index (χ4n) is 2.88. The van der Waals surface area contributed by atoms with Crippen molar-refractivity contribution in [3.8, 4) is 0 Å². The fraction of sp³-hybridized carbons (Fsp3) is 0.529. The molecule has 0 aliphatic heterocycles. The summed E-state index contributed by atoms with van der Waals surface area (Å²) in [6.45, 7) is 1.84. The maximum Gasteiger partial charge on any atom is 0.435 e. The standard InChI is InChI=1S/C17H21F3N6O2/c1-4-25-15(16(28)24(2)3)11(8-21-25)22-14(27)9-26-12(10-5-6-10)7-13(23-26)17(18,19)20/h7-8,10H,4-6,9H2,1-3H3,(H,22,27). The van der Waals surface area contributed by atoms with Gasteiger partial charge in [-0.25, -0.2) is 0 Å². The molecule has 0 atom stereocenters. The minimum Gasteiger partial charge on any atom is -0.343 e. The molecule has 152 valence electrons. The Morgan fingerprint density at radius 2 is 1.96 bits per heavy atom. The summed E-state index contributed by atoms with van der Waals surface area (Å²) in [5.74, 6) is -0.931. The van der Waals surface area contributed by atoms with Crippen molar-refractivity contribution in [3.05, 3.63) is 29.3 Å². The molecule has 0 aromatic carbocycles. The van der Waals surface area contributed by atoms with Gasteiger partial charge in [0.25, 0.3) is 5.91 Å². The zero-order chi connectivity index (χ0) is 20.6. The molecule has 11 heteroatoms. The summed E-state index contributed by atoms with van der Waals surface area (Å²) >= 11 is 0. The molecule has 1 fully saturated rings. The van der Waals surface area contributed by atoms with E-state index in [9.17, 15) is 22.8 Å². The lowest BCUT2D eigenvalue weighted by molar-refractivity contribution is -0.141. The van der Waals surface area contributed by atoms with Crippen LogP contribution in [-0.2, 0) is 24.1 Å². The highest BCUT2D eigenvalue weighted by Crippen LogP contribution is 2.42. The van der Waals surface area contributed by atoms with Crippen LogP contribution < -0.4 is 5.32 Å². The zero-order valence-corrected chi connectivity index (χ0v) is 15.7. The Balaban J connectivity index is 1.81. The van der Waals surface area contributed by atoms with Crippen molar-refractivity contribution in [3.63, 3.8) is 0 Å². The molecule has 1 aliphatic carbocycles. The first-order valence-corrected chi connectivity index (χ1v) is 8.84. The zero-order valence-electron chi connectivity index (χ0n) is 15.7. The van der Waals surface area contributed by atoms with Gasteiger partial charge in [0.15, 0.2) is 5.69 Å². The Bertz CT molecular complexity index is 895. The van der Waals surface area contributed by atoms with Crippen molar-refractivity contribution < 1.29 is 22.8 Å². The van der Waals surface area contributed by atoms with Crippen LogP contribution in [0.3, 0.4) is 0 Å². The Morgan fingerprint density at radius 3 is 2.50 bits per heavy atom. The van der Waals surface area contributed by atoms with Crippen LogP contribution >= 0.6 is 0 Å². The second-order valence-electron chi connectivity index (χ2n) is 6.85. The number of amides is 2. The molecule has 0 radical (unpaired) electrons. The van der Waals surface area contributed by atoms with Gasteiger partial charge in [0.05, 0.1) is 11.9 Å². The predicted molar refractivity (Wildman–Crippen MR) is 93.8 cm³/mol. The van der Waals surface area contributed by atoms with E-state index >= 15 is 0 Å². The van der Waals surface area contributed by atoms with Gasteiger partial charge in [-0.15, -0.1) is 0 Å². The Labute approximate surface area is 159 Å². The van der Waals surface area contributed by atoms with E-state index in [0.29, 0.717) is 12.2 Å². The first kappa shape index (κ1) is 19.9. The van der Waals surface area contributed by atoms with Gasteiger partial charge < -0.3 is 10.2 Å². The molecule has 1 saturated carbocycles. The molecule has 0 bridgehead atoms. The molecule has 2 aromatic rings. The number of hydrogen-bond acceptors (Lipinski definition) is 4. The van der Waals surface area contributed by atoms with Crippen LogP contribution in [0.2, 0.25) is 0 Å². The third-order valence-corrected chi connectivity index (χ3v) is 4.41. The van der Waals surface area contributed by atoms with Gasteiger partial charge in [0, 0.05) is 32.3 Å². The van der Waals surface area contributed by atoms with Crippen LogP contribution in [-0.4, -0.2) is 50.4 Å². The Hall–Kier alpha value is -2.85. The molecule has 1 N–H and O–H groups in total. The number of aryl methyl sites for hydroxylation is 1. The lowest BCUT2D eigenvalue weighted by atomic mass is 10.2. The highest BCUT2D eigenvalue weighted by atomic mass is 19.4. The summed E-state index contributed by atoms with van der Waals surface area (Å²) in [6.07, 6.45) is -1.67. The number of rotatable bonds is 6. The summed E-state index contributed by atoms with van der Waals surface area (Å²) in [5, 5.41) is 10.2. The molecule has 3 rings (SSSR count). The van der Waals surface area contributed by atoms with Gasteiger partial charge >= 0.3 is 6.18 Å². The van der Waals surface area contributed by atoms with E-state index in [2.05, 4.69) is 15.5 Å². The van der Waals surface area contributed by atoms with Gasteiger partial charge in [-0.1, -0.05) is 0 Å². The SMILES string of the molecule is CCn1ncc(NC(=O)Cn2nc(C(F)(F)F)cc2C2CC2)c1C(=O)N(C)C. The number of alkyl halides is 3. The van der Waals surface area contributed by atoms with E-state index < -0.39 is 17.8 Å². The van der Waals surface area contributed by atoms with Crippen LogP contribution in [0, 0.1) is 0 Å². The average Bonchev–Trinajstić information content (AvgIpc) is 3.23.